The van der Waals surface area contributed by atoms with Crippen LogP contribution in [0.25, 0.3) is 0 Å². The van der Waals surface area contributed by atoms with Crippen molar-refractivity contribution in [1.82, 2.24) is 5.32 Å². The van der Waals surface area contributed by atoms with E-state index in [2.05, 4.69) is 5.32 Å². The third-order valence-corrected chi connectivity index (χ3v) is 5.64. The Morgan fingerprint density at radius 1 is 1.17 bits per heavy atom. The van der Waals surface area contributed by atoms with Crippen molar-refractivity contribution in [3.63, 3.8) is 0 Å². The van der Waals surface area contributed by atoms with Gasteiger partial charge in [0.1, 0.15) is 5.92 Å². The summed E-state index contributed by atoms with van der Waals surface area (Å²) in [7, 11) is 0. The number of carbonyl (C=O) groups excluding carboxylic acids is 1. The van der Waals surface area contributed by atoms with Crippen molar-refractivity contribution in [3.05, 3.63) is 54.1 Å². The van der Waals surface area contributed by atoms with Crippen LogP contribution in [-0.2, 0) is 9.53 Å². The lowest BCUT2D eigenvalue weighted by atomic mass is 9.79. The summed E-state index contributed by atoms with van der Waals surface area (Å²) in [4.78, 5) is 14.9. The standard InChI is InChI=1S/C22H24N2O4S/c1-4-26-16-13-9-12-15-18-17(20(25)27-5-2)22(3,28-19(15)16)24(21(29)23-18)14-10-7-6-8-11-14/h6-13,17-18H,4-5H2,1-3H3,(H,23,29)/t17-,18+,22-/m0/s1. The first-order valence-electron chi connectivity index (χ1n) is 9.78. The molecule has 0 amide bonds. The van der Waals surface area contributed by atoms with Crippen molar-refractivity contribution >= 4 is 29.0 Å². The number of benzene rings is 2. The van der Waals surface area contributed by atoms with Gasteiger partial charge in [0, 0.05) is 11.3 Å². The molecule has 6 nitrogen and oxygen atoms in total. The van der Waals surface area contributed by atoms with Crippen molar-refractivity contribution in [1.29, 1.82) is 0 Å². The summed E-state index contributed by atoms with van der Waals surface area (Å²) in [5, 5.41) is 3.85. The van der Waals surface area contributed by atoms with E-state index in [0.29, 0.717) is 29.8 Å². The highest BCUT2D eigenvalue weighted by atomic mass is 32.1. The molecule has 0 radical (unpaired) electrons. The van der Waals surface area contributed by atoms with Crippen LogP contribution in [0.3, 0.4) is 0 Å². The van der Waals surface area contributed by atoms with E-state index >= 15 is 0 Å². The van der Waals surface area contributed by atoms with E-state index in [4.69, 9.17) is 26.4 Å². The van der Waals surface area contributed by atoms with Crippen LogP contribution >= 0.6 is 12.2 Å². The summed E-state index contributed by atoms with van der Waals surface area (Å²) in [5.41, 5.74) is 0.583. The number of esters is 1. The van der Waals surface area contributed by atoms with Gasteiger partial charge in [-0.1, -0.05) is 30.3 Å². The van der Waals surface area contributed by atoms with E-state index in [1.807, 2.05) is 67.3 Å². The summed E-state index contributed by atoms with van der Waals surface area (Å²) in [5.74, 6) is 0.312. The van der Waals surface area contributed by atoms with Gasteiger partial charge in [0.15, 0.2) is 16.6 Å². The maximum atomic E-state index is 13.1. The number of fused-ring (bicyclic) bond motifs is 4. The summed E-state index contributed by atoms with van der Waals surface area (Å²) in [6.07, 6.45) is 0. The monoisotopic (exact) mass is 412 g/mol. The van der Waals surface area contributed by atoms with E-state index < -0.39 is 11.6 Å². The third-order valence-electron chi connectivity index (χ3n) is 5.34. The highest BCUT2D eigenvalue weighted by Crippen LogP contribution is 2.52. The number of nitrogens with one attached hydrogen (secondary N) is 1. The molecule has 2 aromatic rings. The minimum absolute atomic E-state index is 0.291. The normalized spacial score (nSPS) is 24.8. The highest BCUT2D eigenvalue weighted by Gasteiger charge is 2.60. The fraction of sp³-hybridized carbons (Fsp3) is 0.364. The van der Waals surface area contributed by atoms with Crippen LogP contribution in [0.4, 0.5) is 5.69 Å². The molecule has 3 atom stereocenters. The lowest BCUT2D eigenvalue weighted by Gasteiger charge is -2.55. The topological polar surface area (TPSA) is 60.0 Å². The first-order chi connectivity index (χ1) is 14.0. The van der Waals surface area contributed by atoms with Gasteiger partial charge in [-0.2, -0.15) is 0 Å². The van der Waals surface area contributed by atoms with Gasteiger partial charge in [-0.15, -0.1) is 0 Å². The Bertz CT molecular complexity index is 936. The van der Waals surface area contributed by atoms with Crippen molar-refractivity contribution in [3.8, 4) is 11.5 Å². The third kappa shape index (κ3) is 3.09. The second-order valence-corrected chi connectivity index (χ2v) is 7.48. The molecule has 1 saturated heterocycles. The SMILES string of the molecule is CCOC(=O)[C@@H]1[C@@H]2NC(=S)N(c3ccccc3)[C@@]1(C)Oc1c(OCC)cccc12. The largest absolute Gasteiger partial charge is 0.490 e. The number of anilines is 1. The van der Waals surface area contributed by atoms with E-state index in [9.17, 15) is 4.79 Å². The molecule has 2 aromatic carbocycles. The molecule has 0 unspecified atom stereocenters. The van der Waals surface area contributed by atoms with Crippen molar-refractivity contribution in [2.75, 3.05) is 18.1 Å². The molecule has 2 bridgehead atoms. The molecular formula is C22H24N2O4S. The van der Waals surface area contributed by atoms with E-state index in [0.717, 1.165) is 11.3 Å². The molecule has 152 valence electrons. The quantitative estimate of drug-likeness (QED) is 0.592. The zero-order valence-corrected chi connectivity index (χ0v) is 17.5. The Labute approximate surface area is 175 Å². The molecule has 2 aliphatic rings. The van der Waals surface area contributed by atoms with Crippen LogP contribution < -0.4 is 19.7 Å². The zero-order chi connectivity index (χ0) is 20.6. The Morgan fingerprint density at radius 3 is 2.62 bits per heavy atom. The Balaban J connectivity index is 1.90. The molecule has 0 aromatic heterocycles. The smallest absolute Gasteiger partial charge is 0.317 e. The lowest BCUT2D eigenvalue weighted by Crippen LogP contribution is -2.71. The molecule has 29 heavy (non-hydrogen) atoms. The molecule has 1 fully saturated rings. The van der Waals surface area contributed by atoms with Gasteiger partial charge in [-0.3, -0.25) is 9.69 Å². The van der Waals surface area contributed by atoms with Crippen LogP contribution in [0.2, 0.25) is 0 Å². The van der Waals surface area contributed by atoms with Gasteiger partial charge in [-0.25, -0.2) is 0 Å². The van der Waals surface area contributed by atoms with Crippen LogP contribution in [0.15, 0.2) is 48.5 Å². The van der Waals surface area contributed by atoms with Crippen molar-refractivity contribution in [2.24, 2.45) is 5.92 Å². The lowest BCUT2D eigenvalue weighted by molar-refractivity contribution is -0.159. The molecule has 2 heterocycles. The second kappa shape index (κ2) is 7.55. The zero-order valence-electron chi connectivity index (χ0n) is 16.7. The van der Waals surface area contributed by atoms with Crippen LogP contribution in [0, 0.1) is 5.92 Å². The average Bonchev–Trinajstić information content (AvgIpc) is 2.69. The number of nitrogens with zero attached hydrogens (tertiary/aromatic N) is 1. The van der Waals surface area contributed by atoms with Gasteiger partial charge in [0.25, 0.3) is 0 Å². The molecule has 0 spiro atoms. The summed E-state index contributed by atoms with van der Waals surface area (Å²) >= 11 is 5.70. The minimum atomic E-state index is -1.08. The van der Waals surface area contributed by atoms with E-state index in [-0.39, 0.29) is 12.0 Å². The maximum Gasteiger partial charge on any atom is 0.317 e. The number of thiocarbonyl (C=S) groups is 1. The first kappa shape index (κ1) is 19.5. The number of carbonyl (C=O) groups is 1. The highest BCUT2D eigenvalue weighted by molar-refractivity contribution is 7.80. The Kier molecular flexibility index (Phi) is 5.08. The van der Waals surface area contributed by atoms with Crippen molar-refractivity contribution < 1.29 is 19.0 Å². The van der Waals surface area contributed by atoms with Gasteiger partial charge in [0.2, 0.25) is 5.72 Å². The maximum absolute atomic E-state index is 13.1. The van der Waals surface area contributed by atoms with Crippen molar-refractivity contribution in [2.45, 2.75) is 32.5 Å². The molecule has 0 aliphatic carbocycles. The van der Waals surface area contributed by atoms with Crippen LogP contribution in [-0.4, -0.2) is 30.0 Å². The summed E-state index contributed by atoms with van der Waals surface area (Å²) in [6, 6.07) is 15.0. The molecule has 7 heteroatoms. The molecule has 2 aliphatic heterocycles. The summed E-state index contributed by atoms with van der Waals surface area (Å²) in [6.45, 7) is 6.41. The van der Waals surface area contributed by atoms with Gasteiger partial charge in [0.05, 0.1) is 19.3 Å². The molecular weight excluding hydrogens is 388 g/mol. The van der Waals surface area contributed by atoms with Crippen LogP contribution in [0.1, 0.15) is 32.4 Å². The number of rotatable bonds is 5. The average molecular weight is 413 g/mol. The number of ether oxygens (including phenoxy) is 3. The number of hydrogen-bond donors (Lipinski definition) is 1. The number of hydrogen-bond acceptors (Lipinski definition) is 5. The number of para-hydroxylation sites is 2. The minimum Gasteiger partial charge on any atom is -0.490 e. The predicted octanol–water partition coefficient (Wildman–Crippen LogP) is 3.81. The fourth-order valence-corrected chi connectivity index (χ4v) is 4.61. The molecule has 0 saturated carbocycles. The Hall–Kier alpha value is -2.80. The molecule has 1 N–H and O–H groups in total. The van der Waals surface area contributed by atoms with Gasteiger partial charge >= 0.3 is 5.97 Å². The predicted molar refractivity (Wildman–Crippen MR) is 114 cm³/mol. The molecule has 4 rings (SSSR count). The van der Waals surface area contributed by atoms with E-state index in [1.165, 1.54) is 0 Å². The Morgan fingerprint density at radius 2 is 1.93 bits per heavy atom. The van der Waals surface area contributed by atoms with Gasteiger partial charge in [-0.05, 0) is 51.2 Å². The first-order valence-corrected chi connectivity index (χ1v) is 10.2. The van der Waals surface area contributed by atoms with Gasteiger partial charge < -0.3 is 19.5 Å². The van der Waals surface area contributed by atoms with E-state index in [1.54, 1.807) is 6.92 Å². The van der Waals surface area contributed by atoms with Crippen LogP contribution in [0.5, 0.6) is 11.5 Å². The fourth-order valence-electron chi connectivity index (χ4n) is 4.20. The second-order valence-electron chi connectivity index (χ2n) is 7.09. The summed E-state index contributed by atoms with van der Waals surface area (Å²) < 4.78 is 17.8.